The first-order valence-electron chi connectivity index (χ1n) is 7.06. The van der Waals surface area contributed by atoms with Crippen molar-refractivity contribution in [2.24, 2.45) is 0 Å². The zero-order chi connectivity index (χ0) is 15.7. The average molecular weight is 315 g/mol. The first-order chi connectivity index (χ1) is 10.6. The Morgan fingerprint density at radius 2 is 2.05 bits per heavy atom. The highest BCUT2D eigenvalue weighted by Crippen LogP contribution is 2.23. The van der Waals surface area contributed by atoms with E-state index in [1.165, 1.54) is 0 Å². The van der Waals surface area contributed by atoms with Crippen molar-refractivity contribution in [2.45, 2.75) is 19.9 Å². The van der Waals surface area contributed by atoms with E-state index in [4.69, 9.17) is 11.6 Å². The summed E-state index contributed by atoms with van der Waals surface area (Å²) in [5, 5.41) is 9.88. The Morgan fingerprint density at radius 1 is 1.27 bits per heavy atom. The molecule has 0 aliphatic rings. The Kier molecular flexibility index (Phi) is 3.86. The van der Waals surface area contributed by atoms with Crippen molar-refractivity contribution < 1.29 is 9.90 Å². The third-order valence-electron chi connectivity index (χ3n) is 3.68. The minimum Gasteiger partial charge on any atom is -0.478 e. The van der Waals surface area contributed by atoms with Crippen LogP contribution in [0.25, 0.3) is 11.0 Å². The number of carboxylic acid groups (broad SMARTS) is 1. The molecule has 0 aliphatic heterocycles. The van der Waals surface area contributed by atoms with Gasteiger partial charge < -0.3 is 9.67 Å². The van der Waals surface area contributed by atoms with E-state index in [0.29, 0.717) is 11.6 Å². The van der Waals surface area contributed by atoms with Crippen LogP contribution in [0.2, 0.25) is 5.02 Å². The maximum atomic E-state index is 11.2. The highest BCUT2D eigenvalue weighted by atomic mass is 35.5. The SMILES string of the molecule is CCc1nc2ccc(C(=O)O)cc2n1Cc1ccccc1Cl. The maximum Gasteiger partial charge on any atom is 0.335 e. The Morgan fingerprint density at radius 3 is 2.73 bits per heavy atom. The number of fused-ring (bicyclic) bond motifs is 1. The number of aromatic nitrogens is 2. The van der Waals surface area contributed by atoms with E-state index in [9.17, 15) is 9.90 Å². The second-order valence-corrected chi connectivity index (χ2v) is 5.47. The van der Waals surface area contributed by atoms with Crippen molar-refractivity contribution >= 4 is 28.6 Å². The molecule has 0 atom stereocenters. The molecule has 2 aromatic carbocycles. The molecule has 1 heterocycles. The number of hydrogen-bond acceptors (Lipinski definition) is 2. The van der Waals surface area contributed by atoms with Gasteiger partial charge in [-0.05, 0) is 29.8 Å². The van der Waals surface area contributed by atoms with Crippen molar-refractivity contribution in [3.63, 3.8) is 0 Å². The third kappa shape index (κ3) is 2.57. The van der Waals surface area contributed by atoms with Gasteiger partial charge in [-0.1, -0.05) is 36.7 Å². The summed E-state index contributed by atoms with van der Waals surface area (Å²) in [6.45, 7) is 2.60. The smallest absolute Gasteiger partial charge is 0.335 e. The number of rotatable bonds is 4. The molecule has 0 radical (unpaired) electrons. The number of aromatic carboxylic acids is 1. The molecule has 1 aromatic heterocycles. The number of carboxylic acids is 1. The van der Waals surface area contributed by atoms with Gasteiger partial charge in [0.25, 0.3) is 0 Å². The van der Waals surface area contributed by atoms with Crippen LogP contribution in [0.1, 0.15) is 28.7 Å². The van der Waals surface area contributed by atoms with Crippen molar-refractivity contribution in [1.82, 2.24) is 9.55 Å². The topological polar surface area (TPSA) is 55.1 Å². The van der Waals surface area contributed by atoms with Crippen molar-refractivity contribution in [3.8, 4) is 0 Å². The van der Waals surface area contributed by atoms with Crippen LogP contribution in [0.15, 0.2) is 42.5 Å². The quantitative estimate of drug-likeness (QED) is 0.792. The molecule has 1 N–H and O–H groups in total. The van der Waals surface area contributed by atoms with E-state index in [0.717, 1.165) is 28.8 Å². The second-order valence-electron chi connectivity index (χ2n) is 5.07. The number of hydrogen-bond donors (Lipinski definition) is 1. The zero-order valence-corrected chi connectivity index (χ0v) is 12.8. The van der Waals surface area contributed by atoms with E-state index < -0.39 is 5.97 Å². The molecule has 22 heavy (non-hydrogen) atoms. The molecule has 4 nitrogen and oxygen atoms in total. The normalized spacial score (nSPS) is 11.0. The van der Waals surface area contributed by atoms with Crippen molar-refractivity contribution in [2.75, 3.05) is 0 Å². The first kappa shape index (κ1) is 14.6. The second kappa shape index (κ2) is 5.81. The molecule has 0 bridgehead atoms. The largest absolute Gasteiger partial charge is 0.478 e. The van der Waals surface area contributed by atoms with Crippen LogP contribution in [0.5, 0.6) is 0 Å². The molecule has 3 rings (SSSR count). The molecule has 0 amide bonds. The number of aryl methyl sites for hydroxylation is 1. The fourth-order valence-electron chi connectivity index (χ4n) is 2.55. The summed E-state index contributed by atoms with van der Waals surface area (Å²) in [4.78, 5) is 15.8. The molecule has 112 valence electrons. The predicted molar refractivity (Wildman–Crippen MR) is 86.6 cm³/mol. The van der Waals surface area contributed by atoms with Crippen LogP contribution in [0.4, 0.5) is 0 Å². The molecule has 0 spiro atoms. The molecular formula is C17H15ClN2O2. The molecular weight excluding hydrogens is 300 g/mol. The number of carbonyl (C=O) groups is 1. The first-order valence-corrected chi connectivity index (χ1v) is 7.43. The van der Waals surface area contributed by atoms with Crippen LogP contribution in [0, 0.1) is 0 Å². The minimum absolute atomic E-state index is 0.260. The number of benzene rings is 2. The maximum absolute atomic E-state index is 11.2. The number of imidazole rings is 1. The Labute approximate surface area is 133 Å². The molecule has 3 aromatic rings. The van der Waals surface area contributed by atoms with Gasteiger partial charge in [0.2, 0.25) is 0 Å². The van der Waals surface area contributed by atoms with Gasteiger partial charge in [-0.3, -0.25) is 0 Å². The molecule has 0 unspecified atom stereocenters. The van der Waals surface area contributed by atoms with Gasteiger partial charge in [0, 0.05) is 11.4 Å². The van der Waals surface area contributed by atoms with Gasteiger partial charge in [-0.2, -0.15) is 0 Å². The van der Waals surface area contributed by atoms with Crippen LogP contribution < -0.4 is 0 Å². The van der Waals surface area contributed by atoms with Crippen molar-refractivity contribution in [1.29, 1.82) is 0 Å². The van der Waals surface area contributed by atoms with E-state index in [2.05, 4.69) is 4.98 Å². The number of nitrogens with zero attached hydrogens (tertiary/aromatic N) is 2. The van der Waals surface area contributed by atoms with Crippen molar-refractivity contribution in [3.05, 3.63) is 64.4 Å². The van der Waals surface area contributed by atoms with E-state index in [1.807, 2.05) is 35.8 Å². The summed E-state index contributed by atoms with van der Waals surface area (Å²) in [7, 11) is 0. The standard InChI is InChI=1S/C17H15ClN2O2/c1-2-16-19-14-8-7-11(17(21)22)9-15(14)20(16)10-12-5-3-4-6-13(12)18/h3-9H,2,10H2,1H3,(H,21,22). The van der Waals surface area contributed by atoms with Gasteiger partial charge in [0.1, 0.15) is 5.82 Å². The molecule has 0 saturated heterocycles. The Bertz CT molecular complexity index is 855. The minimum atomic E-state index is -0.939. The molecule has 5 heteroatoms. The van der Waals surface area contributed by atoms with Gasteiger partial charge in [-0.15, -0.1) is 0 Å². The molecule has 0 fully saturated rings. The van der Waals surface area contributed by atoms with Crippen LogP contribution in [0.3, 0.4) is 0 Å². The summed E-state index contributed by atoms with van der Waals surface area (Å²) >= 11 is 6.24. The van der Waals surface area contributed by atoms with Crippen LogP contribution in [-0.2, 0) is 13.0 Å². The molecule has 0 saturated carbocycles. The summed E-state index contributed by atoms with van der Waals surface area (Å²) in [5.74, 6) is -0.0251. The van der Waals surface area contributed by atoms with Gasteiger partial charge >= 0.3 is 5.97 Å². The summed E-state index contributed by atoms with van der Waals surface area (Å²) in [6, 6.07) is 12.6. The third-order valence-corrected chi connectivity index (χ3v) is 4.05. The Hall–Kier alpha value is -2.33. The predicted octanol–water partition coefficient (Wildman–Crippen LogP) is 4.00. The summed E-state index contributed by atoms with van der Waals surface area (Å²) in [6.07, 6.45) is 0.765. The number of halogens is 1. The highest BCUT2D eigenvalue weighted by Gasteiger charge is 2.13. The van der Waals surface area contributed by atoms with Gasteiger partial charge in [-0.25, -0.2) is 9.78 Å². The van der Waals surface area contributed by atoms with Gasteiger partial charge in [0.15, 0.2) is 0 Å². The van der Waals surface area contributed by atoms with E-state index >= 15 is 0 Å². The lowest BCUT2D eigenvalue weighted by Crippen LogP contribution is -2.05. The fraction of sp³-hybridized carbons (Fsp3) is 0.176. The van der Waals surface area contributed by atoms with Crippen LogP contribution >= 0.6 is 11.6 Å². The lowest BCUT2D eigenvalue weighted by atomic mass is 10.2. The highest BCUT2D eigenvalue weighted by molar-refractivity contribution is 6.31. The zero-order valence-electron chi connectivity index (χ0n) is 12.1. The Balaban J connectivity index is 2.15. The summed E-state index contributed by atoms with van der Waals surface area (Å²) < 4.78 is 2.03. The fourth-order valence-corrected chi connectivity index (χ4v) is 2.74. The summed E-state index contributed by atoms with van der Waals surface area (Å²) in [5.41, 5.74) is 2.86. The van der Waals surface area contributed by atoms with E-state index in [-0.39, 0.29) is 5.56 Å². The van der Waals surface area contributed by atoms with E-state index in [1.54, 1.807) is 18.2 Å². The van der Waals surface area contributed by atoms with Crippen LogP contribution in [-0.4, -0.2) is 20.6 Å². The average Bonchev–Trinajstić information content (AvgIpc) is 2.86. The van der Waals surface area contributed by atoms with Gasteiger partial charge in [0.05, 0.1) is 23.1 Å². The lowest BCUT2D eigenvalue weighted by molar-refractivity contribution is 0.0697. The lowest BCUT2D eigenvalue weighted by Gasteiger charge is -2.10. The monoisotopic (exact) mass is 314 g/mol. The molecule has 0 aliphatic carbocycles.